The molecule has 19 heavy (non-hydrogen) atoms. The van der Waals surface area contributed by atoms with Crippen molar-refractivity contribution < 1.29 is 9.13 Å². The van der Waals surface area contributed by atoms with Crippen molar-refractivity contribution in [1.82, 2.24) is 15.0 Å². The zero-order chi connectivity index (χ0) is 13.8. The molecule has 0 atom stereocenters. The summed E-state index contributed by atoms with van der Waals surface area (Å²) in [7, 11) is 1.71. The highest BCUT2D eigenvalue weighted by Crippen LogP contribution is 2.22. The number of ether oxygens (including phenoxy) is 1. The molecule has 0 aliphatic rings. The Balaban J connectivity index is 2.35. The summed E-state index contributed by atoms with van der Waals surface area (Å²) in [4.78, 5) is 13.6. The average Bonchev–Trinajstić information content (AvgIpc) is 2.37. The number of hydrogen-bond donors (Lipinski definition) is 1. The second-order valence-electron chi connectivity index (χ2n) is 3.75. The molecule has 1 aromatic carbocycles. The van der Waals surface area contributed by atoms with Crippen LogP contribution in [0.5, 0.6) is 6.01 Å². The van der Waals surface area contributed by atoms with E-state index in [4.69, 9.17) is 10.5 Å². The van der Waals surface area contributed by atoms with E-state index in [1.165, 1.54) is 12.1 Å². The molecule has 6 nitrogen and oxygen atoms in total. The minimum Gasteiger partial charge on any atom is -0.464 e. The second kappa shape index (κ2) is 5.47. The summed E-state index contributed by atoms with van der Waals surface area (Å²) >= 11 is 0. The average molecular weight is 263 g/mol. The minimum absolute atomic E-state index is 0.0525. The van der Waals surface area contributed by atoms with Gasteiger partial charge in [0, 0.05) is 12.7 Å². The van der Waals surface area contributed by atoms with E-state index in [-0.39, 0.29) is 17.8 Å². The number of halogens is 1. The molecule has 0 saturated carbocycles. The van der Waals surface area contributed by atoms with Crippen LogP contribution in [0.4, 0.5) is 22.0 Å². The Hall–Kier alpha value is -2.44. The molecule has 0 bridgehead atoms. The van der Waals surface area contributed by atoms with Crippen molar-refractivity contribution in [2.45, 2.75) is 6.92 Å². The van der Waals surface area contributed by atoms with Gasteiger partial charge in [-0.1, -0.05) is 6.07 Å². The summed E-state index contributed by atoms with van der Waals surface area (Å²) < 4.78 is 18.4. The molecule has 0 fully saturated rings. The van der Waals surface area contributed by atoms with E-state index in [1.54, 1.807) is 24.1 Å². The third-order valence-corrected chi connectivity index (χ3v) is 2.39. The summed E-state index contributed by atoms with van der Waals surface area (Å²) in [6.45, 7) is 2.24. The van der Waals surface area contributed by atoms with Crippen LogP contribution in [-0.2, 0) is 0 Å². The van der Waals surface area contributed by atoms with Gasteiger partial charge in [-0.05, 0) is 25.1 Å². The van der Waals surface area contributed by atoms with Crippen LogP contribution in [0, 0.1) is 5.82 Å². The molecule has 0 radical (unpaired) electrons. The predicted octanol–water partition coefficient (Wildman–Crippen LogP) is 1.76. The fourth-order valence-corrected chi connectivity index (χ4v) is 1.50. The fraction of sp³-hybridized carbons (Fsp3) is 0.250. The maximum absolute atomic E-state index is 13.2. The van der Waals surface area contributed by atoms with Gasteiger partial charge < -0.3 is 15.4 Å². The van der Waals surface area contributed by atoms with Crippen LogP contribution >= 0.6 is 0 Å². The van der Waals surface area contributed by atoms with E-state index < -0.39 is 0 Å². The molecule has 1 heterocycles. The maximum Gasteiger partial charge on any atom is 0.323 e. The molecule has 0 aliphatic carbocycles. The number of benzene rings is 1. The lowest BCUT2D eigenvalue weighted by Gasteiger charge is -2.17. The van der Waals surface area contributed by atoms with Crippen molar-refractivity contribution in [1.29, 1.82) is 0 Å². The lowest BCUT2D eigenvalue weighted by atomic mass is 10.3. The van der Waals surface area contributed by atoms with Crippen LogP contribution in [0.2, 0.25) is 0 Å². The molecule has 2 rings (SSSR count). The highest BCUT2D eigenvalue weighted by Gasteiger charge is 2.11. The van der Waals surface area contributed by atoms with Crippen molar-refractivity contribution in [2.75, 3.05) is 24.3 Å². The Morgan fingerprint density at radius 1 is 1.32 bits per heavy atom. The molecular formula is C12H14FN5O. The highest BCUT2D eigenvalue weighted by molar-refractivity contribution is 5.56. The molecule has 2 N–H and O–H groups in total. The van der Waals surface area contributed by atoms with Gasteiger partial charge in [0.15, 0.2) is 0 Å². The first kappa shape index (κ1) is 13.0. The molecular weight excluding hydrogens is 249 g/mol. The van der Waals surface area contributed by atoms with Crippen LogP contribution in [0.15, 0.2) is 24.3 Å². The highest BCUT2D eigenvalue weighted by atomic mass is 19.1. The monoisotopic (exact) mass is 263 g/mol. The molecule has 0 spiro atoms. The van der Waals surface area contributed by atoms with Crippen LogP contribution < -0.4 is 15.4 Å². The molecule has 1 aromatic heterocycles. The van der Waals surface area contributed by atoms with E-state index in [1.807, 2.05) is 6.92 Å². The van der Waals surface area contributed by atoms with Gasteiger partial charge in [-0.25, -0.2) is 4.39 Å². The Morgan fingerprint density at radius 3 is 2.79 bits per heavy atom. The standard InChI is InChI=1S/C12H14FN5O/c1-3-19-12-16-10(14)15-11(17-12)18(2)9-6-4-5-8(13)7-9/h4-7H,3H2,1-2H3,(H2,14,15,16,17). The van der Waals surface area contributed by atoms with E-state index in [9.17, 15) is 4.39 Å². The summed E-state index contributed by atoms with van der Waals surface area (Å²) in [5, 5.41) is 0. The predicted molar refractivity (Wildman–Crippen MR) is 69.9 cm³/mol. The SMILES string of the molecule is CCOc1nc(N)nc(N(C)c2cccc(F)c2)n1. The van der Waals surface area contributed by atoms with Gasteiger partial charge in [0.1, 0.15) is 5.82 Å². The molecule has 0 unspecified atom stereocenters. The van der Waals surface area contributed by atoms with Crippen molar-refractivity contribution in [3.05, 3.63) is 30.1 Å². The summed E-state index contributed by atoms with van der Waals surface area (Å²) in [6.07, 6.45) is 0. The number of nitrogen functional groups attached to an aromatic ring is 1. The Kier molecular flexibility index (Phi) is 3.74. The first-order valence-corrected chi connectivity index (χ1v) is 5.73. The van der Waals surface area contributed by atoms with Crippen molar-refractivity contribution in [3.8, 4) is 6.01 Å². The molecule has 0 amide bonds. The molecule has 0 aliphatic heterocycles. The number of nitrogens with two attached hydrogens (primary N) is 1. The van der Waals surface area contributed by atoms with E-state index in [0.29, 0.717) is 18.2 Å². The lowest BCUT2D eigenvalue weighted by molar-refractivity contribution is 0.312. The third kappa shape index (κ3) is 3.06. The Bertz CT molecular complexity index is 578. The van der Waals surface area contributed by atoms with Gasteiger partial charge in [0.05, 0.1) is 6.61 Å². The van der Waals surface area contributed by atoms with Gasteiger partial charge in [-0.15, -0.1) is 0 Å². The van der Waals surface area contributed by atoms with Gasteiger partial charge >= 0.3 is 6.01 Å². The van der Waals surface area contributed by atoms with E-state index in [0.717, 1.165) is 0 Å². The number of anilines is 3. The third-order valence-electron chi connectivity index (χ3n) is 2.39. The van der Waals surface area contributed by atoms with Crippen molar-refractivity contribution in [2.24, 2.45) is 0 Å². The zero-order valence-electron chi connectivity index (χ0n) is 10.7. The Labute approximate surface area is 110 Å². The number of nitrogens with zero attached hydrogens (tertiary/aromatic N) is 4. The summed E-state index contributed by atoms with van der Waals surface area (Å²) in [6, 6.07) is 6.23. The molecule has 100 valence electrons. The van der Waals surface area contributed by atoms with Crippen LogP contribution in [0.1, 0.15) is 6.92 Å². The smallest absolute Gasteiger partial charge is 0.323 e. The van der Waals surface area contributed by atoms with E-state index in [2.05, 4.69) is 15.0 Å². The number of aromatic nitrogens is 3. The largest absolute Gasteiger partial charge is 0.464 e. The number of rotatable bonds is 4. The minimum atomic E-state index is -0.337. The molecule has 2 aromatic rings. The Morgan fingerprint density at radius 2 is 2.11 bits per heavy atom. The fourth-order valence-electron chi connectivity index (χ4n) is 1.50. The van der Waals surface area contributed by atoms with Crippen LogP contribution in [0.3, 0.4) is 0 Å². The van der Waals surface area contributed by atoms with Crippen LogP contribution in [-0.4, -0.2) is 28.6 Å². The number of hydrogen-bond acceptors (Lipinski definition) is 6. The van der Waals surface area contributed by atoms with Crippen LogP contribution in [0.25, 0.3) is 0 Å². The zero-order valence-corrected chi connectivity index (χ0v) is 10.7. The van der Waals surface area contributed by atoms with Gasteiger partial charge in [0.25, 0.3) is 0 Å². The lowest BCUT2D eigenvalue weighted by Crippen LogP contribution is -2.15. The van der Waals surface area contributed by atoms with E-state index >= 15 is 0 Å². The topological polar surface area (TPSA) is 77.2 Å². The first-order valence-electron chi connectivity index (χ1n) is 5.73. The molecule has 7 heteroatoms. The van der Waals surface area contributed by atoms with Crippen molar-refractivity contribution >= 4 is 17.6 Å². The maximum atomic E-state index is 13.2. The van der Waals surface area contributed by atoms with Crippen molar-refractivity contribution in [3.63, 3.8) is 0 Å². The van der Waals surface area contributed by atoms with Gasteiger partial charge in [-0.3, -0.25) is 0 Å². The summed E-state index contributed by atoms with van der Waals surface area (Å²) in [5.41, 5.74) is 6.20. The summed E-state index contributed by atoms with van der Waals surface area (Å²) in [5.74, 6) is 0.00895. The molecule has 0 saturated heterocycles. The normalized spacial score (nSPS) is 10.3. The first-order chi connectivity index (χ1) is 9.10. The second-order valence-corrected chi connectivity index (χ2v) is 3.75. The van der Waals surface area contributed by atoms with Gasteiger partial charge in [-0.2, -0.15) is 15.0 Å². The van der Waals surface area contributed by atoms with Gasteiger partial charge in [0.2, 0.25) is 11.9 Å². The quantitative estimate of drug-likeness (QED) is 0.905.